The second kappa shape index (κ2) is 5.99. The van der Waals surface area contributed by atoms with Crippen LogP contribution in [0.1, 0.15) is 12.5 Å². The first-order chi connectivity index (χ1) is 6.88. The minimum absolute atomic E-state index is 0. The molecule has 1 N–H and O–H groups in total. The van der Waals surface area contributed by atoms with Crippen molar-refractivity contribution in [2.24, 2.45) is 5.92 Å². The Morgan fingerprint density at radius 3 is 2.40 bits per heavy atom. The molecule has 84 valence electrons. The Morgan fingerprint density at radius 1 is 1.27 bits per heavy atom. The van der Waals surface area contributed by atoms with Gasteiger partial charge in [0.15, 0.2) is 0 Å². The number of nitrogens with one attached hydrogen (secondary N) is 1. The smallest absolute Gasteiger partial charge is 0.119 e. The first-order valence-corrected chi connectivity index (χ1v) is 5.31. The van der Waals surface area contributed by atoms with Gasteiger partial charge < -0.3 is 10.1 Å². The van der Waals surface area contributed by atoms with Crippen LogP contribution in [0.15, 0.2) is 24.3 Å². The fourth-order valence-electron chi connectivity index (χ4n) is 1.71. The van der Waals surface area contributed by atoms with Crippen molar-refractivity contribution in [1.29, 1.82) is 0 Å². The van der Waals surface area contributed by atoms with Crippen molar-refractivity contribution in [3.8, 4) is 5.75 Å². The molecule has 0 bridgehead atoms. The summed E-state index contributed by atoms with van der Waals surface area (Å²) in [6.45, 7) is 5.10. The molecule has 0 amide bonds. The minimum atomic E-state index is 0. The zero-order valence-electron chi connectivity index (χ0n) is 9.03. The second-order valence-electron chi connectivity index (χ2n) is 3.81. The molecule has 0 aromatic heterocycles. The van der Waals surface area contributed by atoms with E-state index >= 15 is 0 Å². The molecule has 0 atom stereocenters. The first-order valence-electron chi connectivity index (χ1n) is 5.31. The summed E-state index contributed by atoms with van der Waals surface area (Å²) in [6, 6.07) is 8.46. The van der Waals surface area contributed by atoms with E-state index in [1.165, 1.54) is 25.1 Å². The lowest BCUT2D eigenvalue weighted by atomic mass is 9.94. The fourth-order valence-corrected chi connectivity index (χ4v) is 1.71. The third kappa shape index (κ3) is 3.40. The highest BCUT2D eigenvalue weighted by Gasteiger charge is 2.16. The predicted molar refractivity (Wildman–Crippen MR) is 64.9 cm³/mol. The molecule has 0 saturated carbocycles. The van der Waals surface area contributed by atoms with E-state index in [2.05, 4.69) is 29.6 Å². The van der Waals surface area contributed by atoms with Gasteiger partial charge in [-0.15, -0.1) is 12.4 Å². The number of halogens is 1. The predicted octanol–water partition coefficient (Wildman–Crippen LogP) is 2.27. The van der Waals surface area contributed by atoms with E-state index in [1.54, 1.807) is 0 Å². The molecule has 1 fully saturated rings. The van der Waals surface area contributed by atoms with E-state index in [1.807, 2.05) is 6.92 Å². The van der Waals surface area contributed by atoms with Crippen molar-refractivity contribution in [2.45, 2.75) is 13.3 Å². The molecular weight excluding hydrogens is 210 g/mol. The number of ether oxygens (including phenoxy) is 1. The SMILES string of the molecule is CCOc1ccc(CC2CNC2)cc1.Cl. The molecular formula is C12H18ClNO. The summed E-state index contributed by atoms with van der Waals surface area (Å²) in [5, 5.41) is 3.29. The molecule has 0 radical (unpaired) electrons. The maximum atomic E-state index is 5.39. The number of benzene rings is 1. The van der Waals surface area contributed by atoms with Crippen LogP contribution in [0.4, 0.5) is 0 Å². The van der Waals surface area contributed by atoms with Crippen LogP contribution in [0.5, 0.6) is 5.75 Å². The molecule has 1 aromatic rings. The highest BCUT2D eigenvalue weighted by atomic mass is 35.5. The van der Waals surface area contributed by atoms with Crippen LogP contribution in [0.2, 0.25) is 0 Å². The van der Waals surface area contributed by atoms with E-state index in [4.69, 9.17) is 4.74 Å². The van der Waals surface area contributed by atoms with Crippen molar-refractivity contribution in [2.75, 3.05) is 19.7 Å². The van der Waals surface area contributed by atoms with Crippen molar-refractivity contribution < 1.29 is 4.74 Å². The maximum absolute atomic E-state index is 5.39. The Balaban J connectivity index is 0.00000112. The lowest BCUT2D eigenvalue weighted by molar-refractivity contribution is 0.338. The van der Waals surface area contributed by atoms with Crippen LogP contribution in [-0.2, 0) is 6.42 Å². The molecule has 2 nitrogen and oxygen atoms in total. The Labute approximate surface area is 97.4 Å². The second-order valence-corrected chi connectivity index (χ2v) is 3.81. The van der Waals surface area contributed by atoms with Gasteiger partial charge >= 0.3 is 0 Å². The summed E-state index contributed by atoms with van der Waals surface area (Å²) in [6.07, 6.45) is 1.19. The molecule has 1 saturated heterocycles. The summed E-state index contributed by atoms with van der Waals surface area (Å²) in [7, 11) is 0. The van der Waals surface area contributed by atoms with Crippen molar-refractivity contribution in [3.05, 3.63) is 29.8 Å². The van der Waals surface area contributed by atoms with Crippen LogP contribution in [0.25, 0.3) is 0 Å². The first kappa shape index (κ1) is 12.3. The zero-order valence-corrected chi connectivity index (χ0v) is 9.85. The summed E-state index contributed by atoms with van der Waals surface area (Å²) in [5.41, 5.74) is 1.42. The zero-order chi connectivity index (χ0) is 9.80. The van der Waals surface area contributed by atoms with Gasteiger partial charge in [-0.2, -0.15) is 0 Å². The highest BCUT2D eigenvalue weighted by Crippen LogP contribution is 2.16. The van der Waals surface area contributed by atoms with Gasteiger partial charge in [0.1, 0.15) is 5.75 Å². The molecule has 1 heterocycles. The molecule has 1 aliphatic heterocycles. The molecule has 0 spiro atoms. The third-order valence-corrected chi connectivity index (χ3v) is 2.62. The minimum Gasteiger partial charge on any atom is -0.494 e. The van der Waals surface area contributed by atoms with Crippen molar-refractivity contribution in [3.63, 3.8) is 0 Å². The molecule has 2 rings (SSSR count). The van der Waals surface area contributed by atoms with Gasteiger partial charge in [0.05, 0.1) is 6.61 Å². The lowest BCUT2D eigenvalue weighted by Crippen LogP contribution is -2.43. The monoisotopic (exact) mass is 227 g/mol. The van der Waals surface area contributed by atoms with Crippen LogP contribution in [0, 0.1) is 5.92 Å². The van der Waals surface area contributed by atoms with Crippen LogP contribution < -0.4 is 10.1 Å². The summed E-state index contributed by atoms with van der Waals surface area (Å²) >= 11 is 0. The van der Waals surface area contributed by atoms with Crippen molar-refractivity contribution >= 4 is 12.4 Å². The molecule has 3 heteroatoms. The van der Waals surface area contributed by atoms with Crippen molar-refractivity contribution in [1.82, 2.24) is 5.32 Å². The largest absolute Gasteiger partial charge is 0.494 e. The molecule has 0 unspecified atom stereocenters. The van der Waals surface area contributed by atoms with Crippen LogP contribution in [-0.4, -0.2) is 19.7 Å². The molecule has 1 aromatic carbocycles. The van der Waals surface area contributed by atoms with Gasteiger partial charge in [0.2, 0.25) is 0 Å². The Kier molecular flexibility index (Phi) is 4.92. The van der Waals surface area contributed by atoms with Gasteiger partial charge in [0.25, 0.3) is 0 Å². The van der Waals surface area contributed by atoms with E-state index in [0.29, 0.717) is 0 Å². The molecule has 0 aliphatic carbocycles. The van der Waals surface area contributed by atoms with Gasteiger partial charge in [-0.3, -0.25) is 0 Å². The van der Waals surface area contributed by atoms with E-state index in [0.717, 1.165) is 18.3 Å². The fraction of sp³-hybridized carbons (Fsp3) is 0.500. The quantitative estimate of drug-likeness (QED) is 0.852. The third-order valence-electron chi connectivity index (χ3n) is 2.62. The van der Waals surface area contributed by atoms with Crippen LogP contribution >= 0.6 is 12.4 Å². The van der Waals surface area contributed by atoms with Crippen LogP contribution in [0.3, 0.4) is 0 Å². The van der Waals surface area contributed by atoms with Gasteiger partial charge in [-0.1, -0.05) is 12.1 Å². The van der Waals surface area contributed by atoms with Gasteiger partial charge in [-0.05, 0) is 50.0 Å². The van der Waals surface area contributed by atoms with E-state index in [9.17, 15) is 0 Å². The molecule has 15 heavy (non-hydrogen) atoms. The normalized spacial score (nSPS) is 15.3. The average Bonchev–Trinajstić information content (AvgIpc) is 2.14. The Hall–Kier alpha value is -0.730. The standard InChI is InChI=1S/C12H17NO.ClH/c1-2-14-12-5-3-10(4-6-12)7-11-8-13-9-11;/h3-6,11,13H,2,7-9H2,1H3;1H. The summed E-state index contributed by atoms with van der Waals surface area (Å²) < 4.78 is 5.39. The number of rotatable bonds is 4. The van der Waals surface area contributed by atoms with Gasteiger partial charge in [-0.25, -0.2) is 0 Å². The topological polar surface area (TPSA) is 21.3 Å². The lowest BCUT2D eigenvalue weighted by Gasteiger charge is -2.27. The highest BCUT2D eigenvalue weighted by molar-refractivity contribution is 5.85. The Bertz CT molecular complexity index is 282. The average molecular weight is 228 g/mol. The summed E-state index contributed by atoms with van der Waals surface area (Å²) in [5.74, 6) is 1.82. The summed E-state index contributed by atoms with van der Waals surface area (Å²) in [4.78, 5) is 0. The Morgan fingerprint density at radius 2 is 1.93 bits per heavy atom. The number of hydrogen-bond donors (Lipinski definition) is 1. The van der Waals surface area contributed by atoms with Gasteiger partial charge in [0, 0.05) is 0 Å². The molecule has 1 aliphatic rings. The number of hydrogen-bond acceptors (Lipinski definition) is 2. The van der Waals surface area contributed by atoms with E-state index < -0.39 is 0 Å². The van der Waals surface area contributed by atoms with E-state index in [-0.39, 0.29) is 12.4 Å². The maximum Gasteiger partial charge on any atom is 0.119 e.